The molecular formula is C11H17NO. The lowest BCUT2D eigenvalue weighted by molar-refractivity contribution is 0.437. The zero-order chi connectivity index (χ0) is 9.42. The average molecular weight is 179 g/mol. The second-order valence-corrected chi connectivity index (χ2v) is 3.94. The van der Waals surface area contributed by atoms with Gasteiger partial charge in [0.15, 0.2) is 0 Å². The van der Waals surface area contributed by atoms with Crippen LogP contribution in [0.5, 0.6) is 0 Å². The van der Waals surface area contributed by atoms with Gasteiger partial charge in [-0.3, -0.25) is 0 Å². The van der Waals surface area contributed by atoms with Crippen molar-refractivity contribution in [2.75, 3.05) is 6.54 Å². The fourth-order valence-corrected chi connectivity index (χ4v) is 2.32. The highest BCUT2D eigenvalue weighted by atomic mass is 16.3. The third-order valence-electron chi connectivity index (χ3n) is 3.16. The Labute approximate surface area is 79.1 Å². The molecule has 0 aliphatic heterocycles. The smallest absolute Gasteiger partial charge is 0.107 e. The molecule has 2 N–H and O–H groups in total. The summed E-state index contributed by atoms with van der Waals surface area (Å²) in [7, 11) is 0. The average Bonchev–Trinajstić information content (AvgIpc) is 2.43. The first-order chi connectivity index (χ1) is 6.24. The molecule has 0 bridgehead atoms. The summed E-state index contributed by atoms with van der Waals surface area (Å²) < 4.78 is 5.71. The maximum atomic E-state index is 5.75. The van der Waals surface area contributed by atoms with Crippen LogP contribution in [0.2, 0.25) is 0 Å². The van der Waals surface area contributed by atoms with Gasteiger partial charge in [-0.05, 0) is 44.7 Å². The Morgan fingerprint density at radius 1 is 1.46 bits per heavy atom. The van der Waals surface area contributed by atoms with Crippen molar-refractivity contribution in [1.82, 2.24) is 0 Å². The largest absolute Gasteiger partial charge is 0.466 e. The Hall–Kier alpha value is -0.760. The van der Waals surface area contributed by atoms with E-state index in [4.69, 9.17) is 10.2 Å². The van der Waals surface area contributed by atoms with Gasteiger partial charge in [-0.2, -0.15) is 0 Å². The van der Waals surface area contributed by atoms with Crippen molar-refractivity contribution in [1.29, 1.82) is 0 Å². The summed E-state index contributed by atoms with van der Waals surface area (Å²) in [6, 6.07) is 0. The van der Waals surface area contributed by atoms with Crippen molar-refractivity contribution in [3.8, 4) is 0 Å². The van der Waals surface area contributed by atoms with E-state index in [-0.39, 0.29) is 0 Å². The molecule has 0 saturated carbocycles. The third-order valence-corrected chi connectivity index (χ3v) is 3.16. The number of hydrogen-bond donors (Lipinski definition) is 1. The maximum absolute atomic E-state index is 5.75. The Morgan fingerprint density at radius 2 is 2.23 bits per heavy atom. The molecule has 1 heterocycles. The predicted molar refractivity (Wildman–Crippen MR) is 52.9 cm³/mol. The van der Waals surface area contributed by atoms with Crippen molar-refractivity contribution < 1.29 is 4.42 Å². The van der Waals surface area contributed by atoms with E-state index in [1.165, 1.54) is 29.7 Å². The minimum Gasteiger partial charge on any atom is -0.466 e. The molecule has 1 aliphatic carbocycles. The van der Waals surface area contributed by atoms with E-state index in [1.807, 2.05) is 6.92 Å². The van der Waals surface area contributed by atoms with Crippen LogP contribution in [0.1, 0.15) is 41.4 Å². The predicted octanol–water partition coefficient (Wildman–Crippen LogP) is 2.28. The van der Waals surface area contributed by atoms with Gasteiger partial charge in [0, 0.05) is 12.0 Å². The van der Waals surface area contributed by atoms with Crippen LogP contribution in [-0.2, 0) is 6.42 Å². The molecule has 1 aliphatic rings. The fraction of sp³-hybridized carbons (Fsp3) is 0.636. The molecule has 0 aromatic carbocycles. The van der Waals surface area contributed by atoms with E-state index in [9.17, 15) is 0 Å². The standard InChI is InChI=1S/C11H17NO/c1-7-8(2)13-10-5-3-4-9(6-12)11(7)10/h9H,3-6,12H2,1-2H3. The first-order valence-electron chi connectivity index (χ1n) is 5.03. The molecule has 72 valence electrons. The van der Waals surface area contributed by atoms with Crippen molar-refractivity contribution >= 4 is 0 Å². The summed E-state index contributed by atoms with van der Waals surface area (Å²) in [6.45, 7) is 4.94. The molecule has 1 unspecified atom stereocenters. The Morgan fingerprint density at radius 3 is 2.92 bits per heavy atom. The van der Waals surface area contributed by atoms with Gasteiger partial charge >= 0.3 is 0 Å². The number of rotatable bonds is 1. The summed E-state index contributed by atoms with van der Waals surface area (Å²) in [5.41, 5.74) is 8.49. The van der Waals surface area contributed by atoms with Gasteiger partial charge in [0.25, 0.3) is 0 Å². The Bertz CT molecular complexity index is 314. The summed E-state index contributed by atoms with van der Waals surface area (Å²) in [6.07, 6.45) is 3.55. The lowest BCUT2D eigenvalue weighted by Crippen LogP contribution is -2.17. The topological polar surface area (TPSA) is 39.2 Å². The summed E-state index contributed by atoms with van der Waals surface area (Å²) >= 11 is 0. The van der Waals surface area contributed by atoms with Crippen LogP contribution in [0, 0.1) is 13.8 Å². The molecule has 0 amide bonds. The summed E-state index contributed by atoms with van der Waals surface area (Å²) in [5, 5.41) is 0. The van der Waals surface area contributed by atoms with Crippen LogP contribution in [0.25, 0.3) is 0 Å². The summed E-state index contributed by atoms with van der Waals surface area (Å²) in [5.74, 6) is 2.81. The van der Waals surface area contributed by atoms with Gasteiger partial charge in [0.2, 0.25) is 0 Å². The number of nitrogens with two attached hydrogens (primary N) is 1. The normalized spacial score (nSPS) is 21.6. The van der Waals surface area contributed by atoms with Gasteiger partial charge in [0.05, 0.1) is 0 Å². The molecule has 2 nitrogen and oxygen atoms in total. The van der Waals surface area contributed by atoms with Crippen LogP contribution in [0.4, 0.5) is 0 Å². The van der Waals surface area contributed by atoms with Crippen LogP contribution in [0.3, 0.4) is 0 Å². The molecule has 1 atom stereocenters. The molecule has 0 saturated heterocycles. The van der Waals surface area contributed by atoms with E-state index in [0.717, 1.165) is 18.7 Å². The monoisotopic (exact) mass is 179 g/mol. The van der Waals surface area contributed by atoms with Gasteiger partial charge in [0.1, 0.15) is 11.5 Å². The van der Waals surface area contributed by atoms with E-state index in [2.05, 4.69) is 6.92 Å². The lowest BCUT2D eigenvalue weighted by atomic mass is 9.85. The first kappa shape index (κ1) is 8.82. The fourth-order valence-electron chi connectivity index (χ4n) is 2.32. The van der Waals surface area contributed by atoms with Crippen molar-refractivity contribution in [3.05, 3.63) is 22.6 Å². The first-order valence-corrected chi connectivity index (χ1v) is 5.03. The quantitative estimate of drug-likeness (QED) is 0.718. The highest BCUT2D eigenvalue weighted by molar-refractivity contribution is 5.37. The molecule has 13 heavy (non-hydrogen) atoms. The molecule has 0 spiro atoms. The van der Waals surface area contributed by atoms with Crippen LogP contribution >= 0.6 is 0 Å². The highest BCUT2D eigenvalue weighted by Gasteiger charge is 2.25. The minimum atomic E-state index is 0.543. The SMILES string of the molecule is Cc1oc2c(c1C)C(CN)CCC2. The van der Waals surface area contributed by atoms with E-state index >= 15 is 0 Å². The Balaban J connectivity index is 2.47. The zero-order valence-electron chi connectivity index (χ0n) is 8.39. The van der Waals surface area contributed by atoms with Crippen molar-refractivity contribution in [2.45, 2.75) is 39.0 Å². The highest BCUT2D eigenvalue weighted by Crippen LogP contribution is 2.36. The molecule has 0 radical (unpaired) electrons. The second kappa shape index (κ2) is 3.18. The molecular weight excluding hydrogens is 162 g/mol. The van der Waals surface area contributed by atoms with Crippen LogP contribution < -0.4 is 5.73 Å². The van der Waals surface area contributed by atoms with Gasteiger partial charge < -0.3 is 10.2 Å². The van der Waals surface area contributed by atoms with E-state index in [0.29, 0.717) is 5.92 Å². The van der Waals surface area contributed by atoms with E-state index < -0.39 is 0 Å². The molecule has 1 aromatic heterocycles. The minimum absolute atomic E-state index is 0.543. The maximum Gasteiger partial charge on any atom is 0.107 e. The van der Waals surface area contributed by atoms with Gasteiger partial charge in [-0.25, -0.2) is 0 Å². The van der Waals surface area contributed by atoms with Crippen LogP contribution in [-0.4, -0.2) is 6.54 Å². The lowest BCUT2D eigenvalue weighted by Gasteiger charge is -2.20. The molecule has 1 aromatic rings. The van der Waals surface area contributed by atoms with Crippen molar-refractivity contribution in [3.63, 3.8) is 0 Å². The molecule has 0 fully saturated rings. The number of hydrogen-bond acceptors (Lipinski definition) is 2. The third kappa shape index (κ3) is 1.29. The number of fused-ring (bicyclic) bond motifs is 1. The molecule has 2 heteroatoms. The van der Waals surface area contributed by atoms with Gasteiger partial charge in [-0.15, -0.1) is 0 Å². The number of aryl methyl sites for hydroxylation is 2. The Kier molecular flexibility index (Phi) is 2.16. The van der Waals surface area contributed by atoms with Crippen LogP contribution in [0.15, 0.2) is 4.42 Å². The molecule has 2 rings (SSSR count). The zero-order valence-corrected chi connectivity index (χ0v) is 8.39. The van der Waals surface area contributed by atoms with E-state index in [1.54, 1.807) is 0 Å². The van der Waals surface area contributed by atoms with Crippen molar-refractivity contribution in [2.24, 2.45) is 5.73 Å². The second-order valence-electron chi connectivity index (χ2n) is 3.94. The summed E-state index contributed by atoms with van der Waals surface area (Å²) in [4.78, 5) is 0. The number of furan rings is 1. The van der Waals surface area contributed by atoms with Gasteiger partial charge in [-0.1, -0.05) is 0 Å².